The normalized spacial score (nSPS) is 18.8. The molecule has 0 saturated carbocycles. The van der Waals surface area contributed by atoms with Gasteiger partial charge >= 0.3 is 0 Å². The van der Waals surface area contributed by atoms with E-state index in [9.17, 15) is 4.79 Å². The Labute approximate surface area is 201 Å². The zero-order chi connectivity index (χ0) is 21.5. The number of guanidine groups is 1. The lowest BCUT2D eigenvalue weighted by atomic mass is 9.93. The number of nitrogens with zero attached hydrogens (tertiary/aromatic N) is 4. The van der Waals surface area contributed by atoms with Crippen molar-refractivity contribution < 1.29 is 9.53 Å². The number of anilines is 1. The Morgan fingerprint density at radius 3 is 2.84 bits per heavy atom. The van der Waals surface area contributed by atoms with Crippen molar-refractivity contribution in [2.45, 2.75) is 39.8 Å². The average Bonchev–Trinajstić information content (AvgIpc) is 3.26. The van der Waals surface area contributed by atoms with Crippen molar-refractivity contribution >= 4 is 41.5 Å². The van der Waals surface area contributed by atoms with Gasteiger partial charge in [-0.25, -0.2) is 9.98 Å². The van der Waals surface area contributed by atoms with Gasteiger partial charge in [-0.15, -0.1) is 24.0 Å². The molecule has 2 unspecified atom stereocenters. The van der Waals surface area contributed by atoms with Crippen molar-refractivity contribution in [1.29, 1.82) is 0 Å². The predicted octanol–water partition coefficient (Wildman–Crippen LogP) is 3.52. The highest BCUT2D eigenvalue weighted by molar-refractivity contribution is 14.0. The van der Waals surface area contributed by atoms with Crippen molar-refractivity contribution in [1.82, 2.24) is 19.8 Å². The van der Waals surface area contributed by atoms with E-state index in [2.05, 4.69) is 38.9 Å². The van der Waals surface area contributed by atoms with Crippen LogP contribution in [-0.2, 0) is 11.3 Å². The number of hydrogen-bond donors (Lipinski definition) is 2. The molecular formula is C22H33IN6O2. The lowest BCUT2D eigenvalue weighted by molar-refractivity contribution is -0.114. The van der Waals surface area contributed by atoms with Gasteiger partial charge in [0.2, 0.25) is 5.91 Å². The first-order valence-corrected chi connectivity index (χ1v) is 10.5. The summed E-state index contributed by atoms with van der Waals surface area (Å²) in [4.78, 5) is 22.9. The van der Waals surface area contributed by atoms with Gasteiger partial charge in [0, 0.05) is 39.0 Å². The van der Waals surface area contributed by atoms with Crippen LogP contribution in [0.25, 0.3) is 0 Å². The van der Waals surface area contributed by atoms with Crippen molar-refractivity contribution in [2.75, 3.05) is 32.1 Å². The third-order valence-corrected chi connectivity index (χ3v) is 5.45. The van der Waals surface area contributed by atoms with E-state index in [1.807, 2.05) is 36.9 Å². The summed E-state index contributed by atoms with van der Waals surface area (Å²) in [6.45, 7) is 9.05. The van der Waals surface area contributed by atoms with Gasteiger partial charge in [0.1, 0.15) is 5.75 Å². The quantitative estimate of drug-likeness (QED) is 0.333. The second kappa shape index (κ2) is 11.9. The predicted molar refractivity (Wildman–Crippen MR) is 134 cm³/mol. The molecule has 170 valence electrons. The van der Waals surface area contributed by atoms with Crippen LogP contribution in [0.2, 0.25) is 0 Å². The van der Waals surface area contributed by atoms with Crippen LogP contribution in [0.15, 0.2) is 41.9 Å². The summed E-state index contributed by atoms with van der Waals surface area (Å²) in [7, 11) is 1.59. The fourth-order valence-corrected chi connectivity index (χ4v) is 3.83. The Morgan fingerprint density at radius 2 is 2.19 bits per heavy atom. The molecule has 1 saturated heterocycles. The second-order valence-corrected chi connectivity index (χ2v) is 7.68. The number of rotatable bonds is 6. The zero-order valence-electron chi connectivity index (χ0n) is 18.7. The molecule has 1 aliphatic rings. The minimum absolute atomic E-state index is 0. The van der Waals surface area contributed by atoms with Gasteiger partial charge in [-0.05, 0) is 37.0 Å². The number of benzene rings is 1. The number of imidazole rings is 1. The van der Waals surface area contributed by atoms with E-state index in [0.29, 0.717) is 29.9 Å². The number of amides is 1. The summed E-state index contributed by atoms with van der Waals surface area (Å²) in [5.41, 5.74) is 1.67. The van der Waals surface area contributed by atoms with Crippen LogP contribution in [0.5, 0.6) is 5.75 Å². The summed E-state index contributed by atoms with van der Waals surface area (Å²) in [6.07, 6.45) is 6.87. The van der Waals surface area contributed by atoms with Gasteiger partial charge in [-0.2, -0.15) is 0 Å². The van der Waals surface area contributed by atoms with Gasteiger partial charge in [0.15, 0.2) is 5.96 Å². The van der Waals surface area contributed by atoms with Crippen LogP contribution in [0, 0.1) is 5.92 Å². The second-order valence-electron chi connectivity index (χ2n) is 7.68. The highest BCUT2D eigenvalue weighted by Crippen LogP contribution is 2.28. The lowest BCUT2D eigenvalue weighted by Crippen LogP contribution is -2.49. The van der Waals surface area contributed by atoms with Crippen LogP contribution >= 0.6 is 24.0 Å². The molecule has 2 N–H and O–H groups in total. The standard InChI is InChI=1S/C22H32N6O2.HI/c1-5-24-22(27-10-8-16(2)20(14-27)28-11-9-23-15-28)25-13-18-6-7-21(30-4)19(12-18)26-17(3)29;/h6-7,9,11-12,15-16,20H,5,8,10,13-14H2,1-4H3,(H,24,25)(H,26,29);1H. The highest BCUT2D eigenvalue weighted by atomic mass is 127. The largest absolute Gasteiger partial charge is 0.495 e. The molecule has 9 heteroatoms. The molecule has 2 aromatic rings. The maximum atomic E-state index is 11.5. The highest BCUT2D eigenvalue weighted by Gasteiger charge is 2.28. The summed E-state index contributed by atoms with van der Waals surface area (Å²) in [6, 6.07) is 6.13. The van der Waals surface area contributed by atoms with E-state index in [-0.39, 0.29) is 29.9 Å². The maximum Gasteiger partial charge on any atom is 0.221 e. The first-order valence-electron chi connectivity index (χ1n) is 10.5. The van der Waals surface area contributed by atoms with Crippen molar-refractivity contribution in [3.05, 3.63) is 42.5 Å². The molecule has 1 aromatic carbocycles. The molecular weight excluding hydrogens is 507 g/mol. The minimum Gasteiger partial charge on any atom is -0.495 e. The average molecular weight is 540 g/mol. The van der Waals surface area contributed by atoms with E-state index in [1.165, 1.54) is 6.92 Å². The summed E-state index contributed by atoms with van der Waals surface area (Å²) < 4.78 is 7.54. The zero-order valence-corrected chi connectivity index (χ0v) is 21.0. The van der Waals surface area contributed by atoms with Crippen LogP contribution in [0.3, 0.4) is 0 Å². The minimum atomic E-state index is -0.129. The lowest BCUT2D eigenvalue weighted by Gasteiger charge is -2.39. The van der Waals surface area contributed by atoms with Gasteiger partial charge < -0.3 is 24.8 Å². The molecule has 0 aliphatic carbocycles. The van der Waals surface area contributed by atoms with E-state index >= 15 is 0 Å². The molecule has 1 fully saturated rings. The molecule has 1 aliphatic heterocycles. The number of carbonyl (C=O) groups excluding carboxylic acids is 1. The third-order valence-electron chi connectivity index (χ3n) is 5.45. The van der Waals surface area contributed by atoms with Gasteiger partial charge in [-0.1, -0.05) is 13.0 Å². The molecule has 1 amide bonds. The molecule has 2 atom stereocenters. The number of halogens is 1. The monoisotopic (exact) mass is 540 g/mol. The first kappa shape index (κ1) is 25.0. The summed E-state index contributed by atoms with van der Waals surface area (Å²) in [5.74, 6) is 2.00. The number of aromatic nitrogens is 2. The SMILES string of the molecule is CCNC(=NCc1ccc(OC)c(NC(C)=O)c1)N1CCC(C)C(n2ccnc2)C1.I. The molecule has 2 heterocycles. The summed E-state index contributed by atoms with van der Waals surface area (Å²) >= 11 is 0. The molecule has 0 bridgehead atoms. The molecule has 31 heavy (non-hydrogen) atoms. The number of carbonyl (C=O) groups is 1. The van der Waals surface area contributed by atoms with Crippen LogP contribution in [-0.4, -0.2) is 53.1 Å². The first-order chi connectivity index (χ1) is 14.5. The number of hydrogen-bond acceptors (Lipinski definition) is 4. The maximum absolute atomic E-state index is 11.5. The van der Waals surface area contributed by atoms with Gasteiger partial charge in [-0.3, -0.25) is 4.79 Å². The Morgan fingerprint density at radius 1 is 1.39 bits per heavy atom. The number of methoxy groups -OCH3 is 1. The fraction of sp³-hybridized carbons (Fsp3) is 0.500. The van der Waals surface area contributed by atoms with Crippen LogP contribution in [0.4, 0.5) is 5.69 Å². The number of ether oxygens (including phenoxy) is 1. The van der Waals surface area contributed by atoms with E-state index < -0.39 is 0 Å². The van der Waals surface area contributed by atoms with E-state index in [0.717, 1.165) is 37.6 Å². The molecule has 8 nitrogen and oxygen atoms in total. The Hall–Kier alpha value is -2.30. The summed E-state index contributed by atoms with van der Waals surface area (Å²) in [5, 5.41) is 6.25. The van der Waals surface area contributed by atoms with E-state index in [1.54, 1.807) is 7.11 Å². The molecule has 0 spiro atoms. The number of nitrogens with one attached hydrogen (secondary N) is 2. The Kier molecular flexibility index (Phi) is 9.60. The smallest absolute Gasteiger partial charge is 0.221 e. The van der Waals surface area contributed by atoms with Crippen molar-refractivity contribution in [2.24, 2.45) is 10.9 Å². The topological polar surface area (TPSA) is 83.8 Å². The van der Waals surface area contributed by atoms with Crippen molar-refractivity contribution in [3.63, 3.8) is 0 Å². The number of likely N-dealkylation sites (tertiary alicyclic amines) is 1. The van der Waals surface area contributed by atoms with E-state index in [4.69, 9.17) is 9.73 Å². The van der Waals surface area contributed by atoms with Crippen molar-refractivity contribution in [3.8, 4) is 5.75 Å². The molecule has 0 radical (unpaired) electrons. The van der Waals surface area contributed by atoms with Gasteiger partial charge in [0.25, 0.3) is 0 Å². The molecule has 1 aromatic heterocycles. The number of piperidine rings is 1. The van der Waals surface area contributed by atoms with Crippen LogP contribution < -0.4 is 15.4 Å². The number of aliphatic imine (C=N–C) groups is 1. The van der Waals surface area contributed by atoms with Gasteiger partial charge in [0.05, 0.1) is 31.7 Å². The van der Waals surface area contributed by atoms with Crippen LogP contribution in [0.1, 0.15) is 38.8 Å². The Bertz CT molecular complexity index is 871. The Balaban J connectivity index is 0.00000341. The fourth-order valence-electron chi connectivity index (χ4n) is 3.83. The third kappa shape index (κ3) is 6.59. The molecule has 3 rings (SSSR count).